The van der Waals surface area contributed by atoms with Crippen LogP contribution in [0, 0.1) is 6.92 Å². The summed E-state index contributed by atoms with van der Waals surface area (Å²) in [6, 6.07) is 0. The fraction of sp³-hybridized carbons (Fsp3) is 0.750. The van der Waals surface area contributed by atoms with Gasteiger partial charge in [0.05, 0.1) is 0 Å². The van der Waals surface area contributed by atoms with Crippen molar-refractivity contribution < 1.29 is 4.57 Å². The third-order valence-corrected chi connectivity index (χ3v) is 3.44. The molecule has 2 unspecified atom stereocenters. The van der Waals surface area contributed by atoms with Gasteiger partial charge in [-0.1, -0.05) is 0 Å². The Morgan fingerprint density at radius 2 is 1.69 bits per heavy atom. The summed E-state index contributed by atoms with van der Waals surface area (Å²) in [4.78, 5) is 4.41. The molecule has 0 aliphatic rings. The molecule has 1 aromatic rings. The van der Waals surface area contributed by atoms with Gasteiger partial charge in [0.2, 0.25) is 0 Å². The van der Waals surface area contributed by atoms with Crippen molar-refractivity contribution in [3.05, 3.63) is 18.2 Å². The number of hydrogen-bond acceptors (Lipinski definition) is 2. The molecule has 0 N–H and O–H groups in total. The number of rotatable bonds is 4. The smallest absolute Gasteiger partial charge is 0.255 e. The van der Waals surface area contributed by atoms with Crippen molar-refractivity contribution in [1.82, 2.24) is 14.4 Å². The second-order valence-corrected chi connectivity index (χ2v) is 4.85. The molecule has 0 aromatic carbocycles. The lowest BCUT2D eigenvalue weighted by atomic mass is 10.4. The molecule has 16 heavy (non-hydrogen) atoms. The van der Waals surface area contributed by atoms with Crippen molar-refractivity contribution in [3.63, 3.8) is 0 Å². The molecular formula is C12H25N4+. The van der Waals surface area contributed by atoms with Crippen LogP contribution in [0.4, 0.5) is 0 Å². The van der Waals surface area contributed by atoms with Crippen LogP contribution in [0.1, 0.15) is 32.0 Å². The van der Waals surface area contributed by atoms with Crippen LogP contribution in [-0.4, -0.2) is 42.6 Å². The quantitative estimate of drug-likeness (QED) is 0.717. The fourth-order valence-corrected chi connectivity index (χ4v) is 1.78. The zero-order valence-electron chi connectivity index (χ0n) is 11.6. The molecule has 0 saturated heterocycles. The van der Waals surface area contributed by atoms with E-state index in [1.165, 1.54) is 5.82 Å². The van der Waals surface area contributed by atoms with Crippen LogP contribution in [-0.2, 0) is 0 Å². The molecule has 0 radical (unpaired) electrons. The largest absolute Gasteiger partial charge is 0.271 e. The van der Waals surface area contributed by atoms with E-state index in [1.807, 2.05) is 0 Å². The molecule has 0 fully saturated rings. The van der Waals surface area contributed by atoms with E-state index < -0.39 is 0 Å². The SMILES string of the molecule is Cc1n(C(C)N(C)C)cc[n+]1C(C)N(C)C. The minimum Gasteiger partial charge on any atom is -0.271 e. The predicted molar refractivity (Wildman–Crippen MR) is 66.2 cm³/mol. The Hall–Kier alpha value is -0.870. The second-order valence-electron chi connectivity index (χ2n) is 4.85. The first-order valence-corrected chi connectivity index (χ1v) is 5.77. The van der Waals surface area contributed by atoms with Gasteiger partial charge in [-0.25, -0.2) is 9.13 Å². The average molecular weight is 225 g/mol. The van der Waals surface area contributed by atoms with E-state index in [0.717, 1.165) is 0 Å². The lowest BCUT2D eigenvalue weighted by Crippen LogP contribution is -2.46. The van der Waals surface area contributed by atoms with Crippen LogP contribution >= 0.6 is 0 Å². The summed E-state index contributed by atoms with van der Waals surface area (Å²) < 4.78 is 4.58. The van der Waals surface area contributed by atoms with Gasteiger partial charge in [-0.2, -0.15) is 0 Å². The number of hydrogen-bond donors (Lipinski definition) is 0. The van der Waals surface area contributed by atoms with Crippen LogP contribution < -0.4 is 4.57 Å². The summed E-state index contributed by atoms with van der Waals surface area (Å²) >= 11 is 0. The Bertz CT molecular complexity index is 309. The van der Waals surface area contributed by atoms with E-state index >= 15 is 0 Å². The topological polar surface area (TPSA) is 15.3 Å². The maximum absolute atomic E-state index is 2.29. The first kappa shape index (κ1) is 13.2. The maximum atomic E-state index is 2.29. The van der Waals surface area contributed by atoms with Crippen molar-refractivity contribution in [2.45, 2.75) is 33.1 Å². The summed E-state index contributed by atoms with van der Waals surface area (Å²) in [5.41, 5.74) is 0. The van der Waals surface area contributed by atoms with Crippen molar-refractivity contribution >= 4 is 0 Å². The van der Waals surface area contributed by atoms with Gasteiger partial charge in [0.15, 0.2) is 12.3 Å². The Labute approximate surface area is 99.1 Å². The molecule has 0 aliphatic carbocycles. The van der Waals surface area contributed by atoms with Gasteiger partial charge >= 0.3 is 0 Å². The lowest BCUT2D eigenvalue weighted by Gasteiger charge is -2.20. The third-order valence-electron chi connectivity index (χ3n) is 3.44. The van der Waals surface area contributed by atoms with Crippen LogP contribution in [0.2, 0.25) is 0 Å². The molecule has 4 nitrogen and oxygen atoms in total. The highest BCUT2D eigenvalue weighted by atomic mass is 15.3. The first-order valence-electron chi connectivity index (χ1n) is 5.77. The lowest BCUT2D eigenvalue weighted by molar-refractivity contribution is -0.743. The third kappa shape index (κ3) is 2.44. The molecule has 4 heteroatoms. The summed E-state index contributed by atoms with van der Waals surface area (Å²) in [7, 11) is 8.40. The monoisotopic (exact) mass is 225 g/mol. The van der Waals surface area contributed by atoms with Crippen molar-refractivity contribution in [2.75, 3.05) is 28.2 Å². The zero-order chi connectivity index (χ0) is 12.5. The molecule has 0 spiro atoms. The Balaban J connectivity index is 3.01. The minimum absolute atomic E-state index is 0.385. The highest BCUT2D eigenvalue weighted by Crippen LogP contribution is 2.11. The van der Waals surface area contributed by atoms with Crippen LogP contribution in [0.25, 0.3) is 0 Å². The highest BCUT2D eigenvalue weighted by molar-refractivity contribution is 4.83. The Morgan fingerprint density at radius 3 is 2.12 bits per heavy atom. The Kier molecular flexibility index (Phi) is 4.10. The van der Waals surface area contributed by atoms with Crippen LogP contribution in [0.15, 0.2) is 12.4 Å². The predicted octanol–water partition coefficient (Wildman–Crippen LogP) is 1.24. The minimum atomic E-state index is 0.385. The van der Waals surface area contributed by atoms with Gasteiger partial charge in [0, 0.05) is 6.92 Å². The van der Waals surface area contributed by atoms with E-state index in [4.69, 9.17) is 0 Å². The van der Waals surface area contributed by atoms with Gasteiger partial charge in [-0.05, 0) is 42.0 Å². The summed E-state index contributed by atoms with van der Waals surface area (Å²) in [6.45, 7) is 6.58. The second kappa shape index (κ2) is 4.97. The van der Waals surface area contributed by atoms with E-state index in [-0.39, 0.29) is 0 Å². The molecule has 1 aromatic heterocycles. The van der Waals surface area contributed by atoms with Gasteiger partial charge in [0.1, 0.15) is 12.4 Å². The molecule has 2 atom stereocenters. The average Bonchev–Trinajstić information content (AvgIpc) is 2.57. The van der Waals surface area contributed by atoms with Crippen molar-refractivity contribution in [2.24, 2.45) is 0 Å². The molecule has 0 bridgehead atoms. The summed E-state index contributed by atoms with van der Waals surface area (Å²) in [5.74, 6) is 1.28. The molecule has 0 aliphatic heterocycles. The van der Waals surface area contributed by atoms with Crippen molar-refractivity contribution in [1.29, 1.82) is 0 Å². The Morgan fingerprint density at radius 1 is 1.12 bits per heavy atom. The van der Waals surface area contributed by atoms with Gasteiger partial charge in [-0.3, -0.25) is 9.80 Å². The standard InChI is InChI=1S/C12H25N4/c1-10(13(4)5)15-8-9-16(12(15)3)11(2)14(6)7/h8-11H,1-7H3/q+1. The number of aromatic nitrogens is 2. The maximum Gasteiger partial charge on any atom is 0.255 e. The van der Waals surface area contributed by atoms with E-state index in [0.29, 0.717) is 12.3 Å². The van der Waals surface area contributed by atoms with Gasteiger partial charge < -0.3 is 0 Å². The van der Waals surface area contributed by atoms with E-state index in [9.17, 15) is 0 Å². The van der Waals surface area contributed by atoms with Gasteiger partial charge in [0.25, 0.3) is 5.82 Å². The summed E-state index contributed by atoms with van der Waals surface area (Å²) in [6.07, 6.45) is 5.08. The molecule has 0 saturated carbocycles. The van der Waals surface area contributed by atoms with E-state index in [2.05, 4.69) is 80.3 Å². The zero-order valence-corrected chi connectivity index (χ0v) is 11.6. The summed E-state index contributed by atoms with van der Waals surface area (Å²) in [5, 5.41) is 0. The number of nitrogens with zero attached hydrogens (tertiary/aromatic N) is 4. The van der Waals surface area contributed by atoms with Gasteiger partial charge in [-0.15, -0.1) is 0 Å². The fourth-order valence-electron chi connectivity index (χ4n) is 1.78. The van der Waals surface area contributed by atoms with E-state index in [1.54, 1.807) is 0 Å². The molecule has 1 heterocycles. The van der Waals surface area contributed by atoms with Crippen LogP contribution in [0.5, 0.6) is 0 Å². The molecule has 0 amide bonds. The molecular weight excluding hydrogens is 200 g/mol. The normalized spacial score (nSPS) is 15.8. The van der Waals surface area contributed by atoms with Crippen LogP contribution in [0.3, 0.4) is 0 Å². The molecule has 92 valence electrons. The number of imidazole rings is 1. The first-order chi connectivity index (χ1) is 7.36. The molecule has 1 rings (SSSR count). The van der Waals surface area contributed by atoms with Crippen molar-refractivity contribution in [3.8, 4) is 0 Å². The highest BCUT2D eigenvalue weighted by Gasteiger charge is 2.22.